The van der Waals surface area contributed by atoms with Crippen LogP contribution in [-0.4, -0.2) is 28.0 Å². The van der Waals surface area contributed by atoms with Crippen molar-refractivity contribution in [3.05, 3.63) is 51.2 Å². The zero-order valence-electron chi connectivity index (χ0n) is 12.5. The normalized spacial score (nSPS) is 13.7. The van der Waals surface area contributed by atoms with Gasteiger partial charge in [-0.05, 0) is 12.8 Å². The van der Waals surface area contributed by atoms with E-state index >= 15 is 0 Å². The van der Waals surface area contributed by atoms with Crippen molar-refractivity contribution >= 4 is 23.1 Å². The van der Waals surface area contributed by atoms with Crippen LogP contribution in [0.15, 0.2) is 30.5 Å². The number of ether oxygens (including phenoxy) is 1. The van der Waals surface area contributed by atoms with Crippen LogP contribution in [0.2, 0.25) is 5.02 Å². The molecule has 0 bridgehead atoms. The van der Waals surface area contributed by atoms with Gasteiger partial charge in [-0.3, -0.25) is 10.1 Å². The number of para-hydroxylation sites is 1. The first kappa shape index (κ1) is 15.5. The maximum absolute atomic E-state index is 11.2. The van der Waals surface area contributed by atoms with E-state index in [1.165, 1.54) is 19.4 Å². The quantitative estimate of drug-likeness (QED) is 0.596. The van der Waals surface area contributed by atoms with Gasteiger partial charge in [0, 0.05) is 17.7 Å². The molecule has 0 radical (unpaired) electrons. The Labute approximate surface area is 138 Å². The molecule has 1 aliphatic rings. The highest BCUT2D eigenvalue weighted by molar-refractivity contribution is 6.32. The second-order valence-electron chi connectivity index (χ2n) is 5.27. The molecule has 1 fully saturated rings. The molecular formula is C15H15ClN4O3. The van der Waals surface area contributed by atoms with Crippen molar-refractivity contribution in [3.63, 3.8) is 0 Å². The van der Waals surface area contributed by atoms with Crippen molar-refractivity contribution in [2.24, 2.45) is 0 Å². The number of rotatable bonds is 6. The third-order valence-corrected chi connectivity index (χ3v) is 3.94. The first-order valence-electron chi connectivity index (χ1n) is 7.15. The summed E-state index contributed by atoms with van der Waals surface area (Å²) < 4.78 is 5.06. The van der Waals surface area contributed by atoms with Crippen molar-refractivity contribution in [2.75, 3.05) is 12.0 Å². The Hall–Kier alpha value is -2.41. The fourth-order valence-electron chi connectivity index (χ4n) is 2.41. The Bertz CT molecular complexity index is 736. The van der Waals surface area contributed by atoms with Crippen LogP contribution in [0.3, 0.4) is 0 Å². The molecule has 120 valence electrons. The lowest BCUT2D eigenvalue weighted by molar-refractivity contribution is -0.385. The van der Waals surface area contributed by atoms with E-state index < -0.39 is 0 Å². The number of hydrogen-bond acceptors (Lipinski definition) is 6. The van der Waals surface area contributed by atoms with Gasteiger partial charge in [-0.25, -0.2) is 4.98 Å². The van der Waals surface area contributed by atoms with Crippen LogP contribution in [0.5, 0.6) is 6.01 Å². The minimum absolute atomic E-state index is 0.0929. The number of aromatic nitrogens is 2. The number of nitro groups is 1. The van der Waals surface area contributed by atoms with Crippen molar-refractivity contribution in [1.29, 1.82) is 0 Å². The van der Waals surface area contributed by atoms with E-state index in [-0.39, 0.29) is 22.7 Å². The zero-order valence-corrected chi connectivity index (χ0v) is 13.2. The van der Waals surface area contributed by atoms with Crippen LogP contribution in [-0.2, 0) is 6.54 Å². The summed E-state index contributed by atoms with van der Waals surface area (Å²) in [6, 6.07) is 7.19. The summed E-state index contributed by atoms with van der Waals surface area (Å²) in [6.07, 6.45) is 3.49. The van der Waals surface area contributed by atoms with Gasteiger partial charge in [-0.15, -0.1) is 0 Å². The second-order valence-corrected chi connectivity index (χ2v) is 5.68. The molecule has 0 amide bonds. The minimum Gasteiger partial charge on any atom is -0.467 e. The second kappa shape index (κ2) is 6.37. The summed E-state index contributed by atoms with van der Waals surface area (Å²) in [7, 11) is 1.48. The number of methoxy groups -OCH3 is 1. The number of anilines is 1. The molecule has 0 spiro atoms. The van der Waals surface area contributed by atoms with Crippen LogP contribution >= 0.6 is 11.6 Å². The van der Waals surface area contributed by atoms with Crippen LogP contribution in [0.4, 0.5) is 11.5 Å². The van der Waals surface area contributed by atoms with Gasteiger partial charge in [-0.1, -0.05) is 29.8 Å². The Morgan fingerprint density at radius 1 is 1.43 bits per heavy atom. The molecule has 8 heteroatoms. The first-order valence-corrected chi connectivity index (χ1v) is 7.53. The molecule has 1 aromatic carbocycles. The molecule has 1 heterocycles. The number of halogens is 1. The molecule has 0 atom stereocenters. The molecule has 0 aliphatic heterocycles. The Morgan fingerprint density at radius 3 is 2.83 bits per heavy atom. The van der Waals surface area contributed by atoms with Gasteiger partial charge in [-0.2, -0.15) is 4.98 Å². The molecule has 0 N–H and O–H groups in total. The molecule has 0 saturated heterocycles. The Balaban J connectivity index is 1.97. The molecule has 0 unspecified atom stereocenters. The first-order chi connectivity index (χ1) is 11.1. The number of nitrogens with zero attached hydrogens (tertiary/aromatic N) is 4. The number of benzene rings is 1. The lowest BCUT2D eigenvalue weighted by Crippen LogP contribution is -2.27. The van der Waals surface area contributed by atoms with E-state index in [4.69, 9.17) is 16.3 Å². The highest BCUT2D eigenvalue weighted by atomic mass is 35.5. The smallest absolute Gasteiger partial charge is 0.318 e. The molecule has 23 heavy (non-hydrogen) atoms. The standard InChI is InChI=1S/C15H15ClN4O3/c1-23-15-17-8-12(16)14(18-15)19(11-6-7-11)9-10-4-2-3-5-13(10)20(21)22/h2-5,8,11H,6-7,9H2,1H3. The van der Waals surface area contributed by atoms with Crippen molar-refractivity contribution in [2.45, 2.75) is 25.4 Å². The van der Waals surface area contributed by atoms with E-state index in [2.05, 4.69) is 9.97 Å². The fraction of sp³-hybridized carbons (Fsp3) is 0.333. The molecule has 1 aliphatic carbocycles. The van der Waals surface area contributed by atoms with Gasteiger partial charge in [0.25, 0.3) is 5.69 Å². The average molecular weight is 335 g/mol. The van der Waals surface area contributed by atoms with Gasteiger partial charge >= 0.3 is 6.01 Å². The zero-order chi connectivity index (χ0) is 16.4. The SMILES string of the molecule is COc1ncc(Cl)c(N(Cc2ccccc2[N+](=O)[O-])C2CC2)n1. The molecule has 2 aromatic rings. The lowest BCUT2D eigenvalue weighted by atomic mass is 10.1. The third-order valence-electron chi connectivity index (χ3n) is 3.67. The summed E-state index contributed by atoms with van der Waals surface area (Å²) in [5, 5.41) is 11.6. The summed E-state index contributed by atoms with van der Waals surface area (Å²) in [4.78, 5) is 21.1. The molecule has 3 rings (SSSR count). The topological polar surface area (TPSA) is 81.4 Å². The van der Waals surface area contributed by atoms with Crippen molar-refractivity contribution < 1.29 is 9.66 Å². The molecular weight excluding hydrogens is 320 g/mol. The van der Waals surface area contributed by atoms with E-state index in [1.54, 1.807) is 18.2 Å². The Morgan fingerprint density at radius 2 is 2.17 bits per heavy atom. The summed E-state index contributed by atoms with van der Waals surface area (Å²) in [5.74, 6) is 0.541. The van der Waals surface area contributed by atoms with Gasteiger partial charge in [0.1, 0.15) is 5.02 Å². The minimum atomic E-state index is -0.372. The van der Waals surface area contributed by atoms with Gasteiger partial charge in [0.15, 0.2) is 5.82 Å². The van der Waals surface area contributed by atoms with Gasteiger partial charge in [0.2, 0.25) is 0 Å². The van der Waals surface area contributed by atoms with Gasteiger partial charge in [0.05, 0.1) is 24.8 Å². The fourth-order valence-corrected chi connectivity index (χ4v) is 2.61. The van der Waals surface area contributed by atoms with E-state index in [0.29, 0.717) is 22.9 Å². The van der Waals surface area contributed by atoms with Gasteiger partial charge < -0.3 is 9.64 Å². The third kappa shape index (κ3) is 3.34. The average Bonchev–Trinajstić information content (AvgIpc) is 3.38. The van der Waals surface area contributed by atoms with Crippen LogP contribution < -0.4 is 9.64 Å². The summed E-state index contributed by atoms with van der Waals surface area (Å²) in [5.41, 5.74) is 0.716. The highest BCUT2D eigenvalue weighted by Crippen LogP contribution is 2.37. The summed E-state index contributed by atoms with van der Waals surface area (Å²) in [6.45, 7) is 0.363. The predicted molar refractivity (Wildman–Crippen MR) is 85.9 cm³/mol. The lowest BCUT2D eigenvalue weighted by Gasteiger charge is -2.24. The Kier molecular flexibility index (Phi) is 4.29. The highest BCUT2D eigenvalue weighted by Gasteiger charge is 2.33. The molecule has 1 saturated carbocycles. The monoisotopic (exact) mass is 334 g/mol. The number of nitro benzene ring substituents is 1. The maximum Gasteiger partial charge on any atom is 0.318 e. The van der Waals surface area contributed by atoms with Crippen molar-refractivity contribution in [1.82, 2.24) is 9.97 Å². The number of hydrogen-bond donors (Lipinski definition) is 0. The van der Waals surface area contributed by atoms with E-state index in [0.717, 1.165) is 12.8 Å². The van der Waals surface area contributed by atoms with Crippen LogP contribution in [0.1, 0.15) is 18.4 Å². The molecule has 7 nitrogen and oxygen atoms in total. The summed E-state index contributed by atoms with van der Waals surface area (Å²) >= 11 is 6.23. The van der Waals surface area contributed by atoms with Crippen molar-refractivity contribution in [3.8, 4) is 6.01 Å². The van der Waals surface area contributed by atoms with E-state index in [9.17, 15) is 10.1 Å². The van der Waals surface area contributed by atoms with E-state index in [1.807, 2.05) is 4.90 Å². The predicted octanol–water partition coefficient (Wildman–Crippen LogP) is 3.22. The maximum atomic E-state index is 11.2. The van der Waals surface area contributed by atoms with Crippen LogP contribution in [0, 0.1) is 10.1 Å². The molecule has 1 aromatic heterocycles. The van der Waals surface area contributed by atoms with Crippen LogP contribution in [0.25, 0.3) is 0 Å². The largest absolute Gasteiger partial charge is 0.467 e.